The quantitative estimate of drug-likeness (QED) is 0.876. The molecule has 0 radical (unpaired) electrons. The van der Waals surface area contributed by atoms with Gasteiger partial charge >= 0.3 is 0 Å². The molecule has 94 valence electrons. The lowest BCUT2D eigenvalue weighted by atomic mass is 10.1. The molecule has 1 aromatic rings. The lowest BCUT2D eigenvalue weighted by Crippen LogP contribution is -2.32. The Morgan fingerprint density at radius 2 is 2.00 bits per heavy atom. The summed E-state index contributed by atoms with van der Waals surface area (Å²) in [6.45, 7) is 3.06. The van der Waals surface area contributed by atoms with Crippen LogP contribution in [0.25, 0.3) is 0 Å². The Morgan fingerprint density at radius 1 is 1.41 bits per heavy atom. The molecular formula is C13H19ClN2O. The van der Waals surface area contributed by atoms with Crippen LogP contribution in [0.5, 0.6) is 0 Å². The third kappa shape index (κ3) is 4.36. The minimum atomic E-state index is -0.0164. The highest BCUT2D eigenvalue weighted by Crippen LogP contribution is 2.13. The molecule has 3 nitrogen and oxygen atoms in total. The van der Waals surface area contributed by atoms with E-state index in [2.05, 4.69) is 0 Å². The lowest BCUT2D eigenvalue weighted by Gasteiger charge is -2.21. The van der Waals surface area contributed by atoms with Crippen LogP contribution < -0.4 is 5.73 Å². The number of carbonyl (C=O) groups is 1. The van der Waals surface area contributed by atoms with E-state index in [1.165, 1.54) is 0 Å². The Hall–Kier alpha value is -1.06. The number of hydrogen-bond acceptors (Lipinski definition) is 2. The average molecular weight is 255 g/mol. The van der Waals surface area contributed by atoms with E-state index in [0.717, 1.165) is 12.0 Å². The van der Waals surface area contributed by atoms with Gasteiger partial charge in [-0.05, 0) is 30.7 Å². The van der Waals surface area contributed by atoms with E-state index in [9.17, 15) is 4.79 Å². The van der Waals surface area contributed by atoms with Gasteiger partial charge in [0.15, 0.2) is 0 Å². The van der Waals surface area contributed by atoms with Crippen molar-refractivity contribution >= 4 is 17.5 Å². The van der Waals surface area contributed by atoms with Crippen LogP contribution in [0.3, 0.4) is 0 Å². The largest absolute Gasteiger partial charge is 0.341 e. The zero-order chi connectivity index (χ0) is 12.8. The predicted octanol–water partition coefficient (Wildman–Crippen LogP) is 2.28. The van der Waals surface area contributed by atoms with Crippen molar-refractivity contribution in [2.75, 3.05) is 13.6 Å². The van der Waals surface area contributed by atoms with Gasteiger partial charge in [-0.2, -0.15) is 0 Å². The van der Waals surface area contributed by atoms with E-state index in [0.29, 0.717) is 18.1 Å². The van der Waals surface area contributed by atoms with Crippen LogP contribution in [0.15, 0.2) is 24.3 Å². The van der Waals surface area contributed by atoms with E-state index >= 15 is 0 Å². The number of carbonyl (C=O) groups excluding carboxylic acids is 1. The summed E-state index contributed by atoms with van der Waals surface area (Å²) in [6.07, 6.45) is 0.726. The first-order valence-electron chi connectivity index (χ1n) is 5.74. The van der Waals surface area contributed by atoms with Crippen LogP contribution >= 0.6 is 11.6 Å². The second-order valence-corrected chi connectivity index (χ2v) is 4.74. The van der Waals surface area contributed by atoms with Gasteiger partial charge < -0.3 is 10.6 Å². The molecule has 0 aliphatic rings. The summed E-state index contributed by atoms with van der Waals surface area (Å²) < 4.78 is 0. The van der Waals surface area contributed by atoms with Crippen molar-refractivity contribution in [2.45, 2.75) is 19.9 Å². The van der Waals surface area contributed by atoms with Gasteiger partial charge in [0.2, 0.25) is 5.91 Å². The SMILES string of the molecule is CC(CCN)C(=O)N(C)Cc1ccc(Cl)cc1. The van der Waals surface area contributed by atoms with Crippen molar-refractivity contribution in [2.24, 2.45) is 11.7 Å². The van der Waals surface area contributed by atoms with Crippen molar-refractivity contribution in [3.05, 3.63) is 34.9 Å². The Labute approximate surface area is 108 Å². The molecule has 1 aromatic carbocycles. The fourth-order valence-electron chi connectivity index (χ4n) is 1.69. The van der Waals surface area contributed by atoms with E-state index in [1.54, 1.807) is 4.90 Å². The molecule has 0 fully saturated rings. The topological polar surface area (TPSA) is 46.3 Å². The molecule has 2 N–H and O–H groups in total. The highest BCUT2D eigenvalue weighted by atomic mass is 35.5. The highest BCUT2D eigenvalue weighted by molar-refractivity contribution is 6.30. The molecule has 0 aliphatic heterocycles. The number of benzene rings is 1. The minimum Gasteiger partial charge on any atom is -0.341 e. The van der Waals surface area contributed by atoms with E-state index < -0.39 is 0 Å². The van der Waals surface area contributed by atoms with Gasteiger partial charge in [0.05, 0.1) is 0 Å². The van der Waals surface area contributed by atoms with E-state index in [4.69, 9.17) is 17.3 Å². The maximum atomic E-state index is 11.9. The van der Waals surface area contributed by atoms with Crippen LogP contribution in [0.1, 0.15) is 18.9 Å². The molecule has 0 heterocycles. The van der Waals surface area contributed by atoms with Crippen molar-refractivity contribution in [1.29, 1.82) is 0 Å². The van der Waals surface area contributed by atoms with Gasteiger partial charge in [0.25, 0.3) is 0 Å². The molecular weight excluding hydrogens is 236 g/mol. The van der Waals surface area contributed by atoms with Gasteiger partial charge in [-0.3, -0.25) is 4.79 Å². The summed E-state index contributed by atoms with van der Waals surface area (Å²) in [5.74, 6) is 0.114. The molecule has 0 bridgehead atoms. The van der Waals surface area contributed by atoms with Crippen LogP contribution in [-0.4, -0.2) is 24.4 Å². The van der Waals surface area contributed by atoms with Crippen molar-refractivity contribution in [3.63, 3.8) is 0 Å². The third-order valence-corrected chi connectivity index (χ3v) is 2.98. The smallest absolute Gasteiger partial charge is 0.225 e. The monoisotopic (exact) mass is 254 g/mol. The molecule has 1 unspecified atom stereocenters. The van der Waals surface area contributed by atoms with Gasteiger partial charge in [-0.15, -0.1) is 0 Å². The van der Waals surface area contributed by atoms with Crippen molar-refractivity contribution < 1.29 is 4.79 Å². The van der Waals surface area contributed by atoms with E-state index in [1.807, 2.05) is 38.2 Å². The van der Waals surface area contributed by atoms with E-state index in [-0.39, 0.29) is 11.8 Å². The predicted molar refractivity (Wildman–Crippen MR) is 70.8 cm³/mol. The zero-order valence-electron chi connectivity index (χ0n) is 10.3. The molecule has 0 aliphatic carbocycles. The van der Waals surface area contributed by atoms with Gasteiger partial charge in [0.1, 0.15) is 0 Å². The average Bonchev–Trinajstić information content (AvgIpc) is 2.31. The molecule has 1 atom stereocenters. The number of nitrogens with two attached hydrogens (primary N) is 1. The fourth-order valence-corrected chi connectivity index (χ4v) is 1.82. The minimum absolute atomic E-state index is 0.0164. The fraction of sp³-hybridized carbons (Fsp3) is 0.462. The Morgan fingerprint density at radius 3 is 2.53 bits per heavy atom. The lowest BCUT2D eigenvalue weighted by molar-refractivity contribution is -0.134. The van der Waals surface area contributed by atoms with Gasteiger partial charge in [-0.1, -0.05) is 30.7 Å². The number of rotatable bonds is 5. The Balaban J connectivity index is 2.56. The van der Waals surface area contributed by atoms with Crippen molar-refractivity contribution in [3.8, 4) is 0 Å². The van der Waals surface area contributed by atoms with Crippen LogP contribution in [0.2, 0.25) is 5.02 Å². The van der Waals surface area contributed by atoms with Gasteiger partial charge in [-0.25, -0.2) is 0 Å². The summed E-state index contributed by atoms with van der Waals surface area (Å²) in [7, 11) is 1.81. The first kappa shape index (κ1) is 14.0. The molecule has 4 heteroatoms. The number of amides is 1. The molecule has 0 saturated heterocycles. The van der Waals surface area contributed by atoms with Gasteiger partial charge in [0, 0.05) is 24.5 Å². The van der Waals surface area contributed by atoms with Crippen LogP contribution in [-0.2, 0) is 11.3 Å². The molecule has 1 rings (SSSR count). The summed E-state index contributed by atoms with van der Waals surface area (Å²) in [6, 6.07) is 7.52. The van der Waals surface area contributed by atoms with Crippen molar-refractivity contribution in [1.82, 2.24) is 4.90 Å². The molecule has 0 saturated carbocycles. The number of halogens is 1. The molecule has 0 spiro atoms. The summed E-state index contributed by atoms with van der Waals surface area (Å²) in [4.78, 5) is 13.7. The normalized spacial score (nSPS) is 12.2. The Kier molecular flexibility index (Phi) is 5.45. The number of hydrogen-bond donors (Lipinski definition) is 1. The van der Waals surface area contributed by atoms with Crippen LogP contribution in [0, 0.1) is 5.92 Å². The number of nitrogens with zero attached hydrogens (tertiary/aromatic N) is 1. The third-order valence-electron chi connectivity index (χ3n) is 2.73. The molecule has 1 amide bonds. The summed E-state index contributed by atoms with van der Waals surface area (Å²) in [5.41, 5.74) is 6.53. The first-order valence-corrected chi connectivity index (χ1v) is 6.12. The standard InChI is InChI=1S/C13H19ClN2O/c1-10(7-8-15)13(17)16(2)9-11-3-5-12(14)6-4-11/h3-6,10H,7-9,15H2,1-2H3. The molecule has 0 aromatic heterocycles. The zero-order valence-corrected chi connectivity index (χ0v) is 11.1. The Bertz CT molecular complexity index is 364. The summed E-state index contributed by atoms with van der Waals surface area (Å²) in [5, 5.41) is 0.708. The summed E-state index contributed by atoms with van der Waals surface area (Å²) >= 11 is 5.81. The maximum absolute atomic E-state index is 11.9. The molecule has 17 heavy (non-hydrogen) atoms. The van der Waals surface area contributed by atoms with Crippen LogP contribution in [0.4, 0.5) is 0 Å². The second-order valence-electron chi connectivity index (χ2n) is 4.30. The first-order chi connectivity index (χ1) is 8.04. The second kappa shape index (κ2) is 6.62. The maximum Gasteiger partial charge on any atom is 0.225 e. The highest BCUT2D eigenvalue weighted by Gasteiger charge is 2.16.